The fourth-order valence-corrected chi connectivity index (χ4v) is 1.13. The summed E-state index contributed by atoms with van der Waals surface area (Å²) in [5.41, 5.74) is 12.1. The number of rotatable bonds is 2. The van der Waals surface area contributed by atoms with Gasteiger partial charge in [0.15, 0.2) is 0 Å². The van der Waals surface area contributed by atoms with E-state index in [2.05, 4.69) is 0 Å². The van der Waals surface area contributed by atoms with Gasteiger partial charge in [0.05, 0.1) is 5.69 Å². The second-order valence-corrected chi connectivity index (χ2v) is 3.43. The van der Waals surface area contributed by atoms with Crippen molar-refractivity contribution in [2.24, 2.45) is 5.73 Å². The molecule has 0 radical (unpaired) electrons. The predicted octanol–water partition coefficient (Wildman–Crippen LogP) is 1.86. The van der Waals surface area contributed by atoms with Crippen LogP contribution in [-0.4, -0.2) is 6.04 Å². The Morgan fingerprint density at radius 1 is 1.31 bits per heavy atom. The maximum atomic E-state index is 13.0. The van der Waals surface area contributed by atoms with E-state index in [4.69, 9.17) is 11.5 Å². The van der Waals surface area contributed by atoms with Crippen molar-refractivity contribution in [3.8, 4) is 0 Å². The first-order valence-corrected chi connectivity index (χ1v) is 4.33. The van der Waals surface area contributed by atoms with Crippen molar-refractivity contribution in [1.82, 2.24) is 0 Å². The van der Waals surface area contributed by atoms with Gasteiger partial charge in [0.25, 0.3) is 0 Å². The number of hydrogen-bond acceptors (Lipinski definition) is 2. The second kappa shape index (κ2) is 3.75. The minimum atomic E-state index is -0.370. The highest BCUT2D eigenvalue weighted by atomic mass is 19.1. The van der Waals surface area contributed by atoms with Crippen LogP contribution in [0.5, 0.6) is 0 Å². The number of halogens is 1. The first kappa shape index (κ1) is 9.99. The molecule has 0 heterocycles. The summed E-state index contributed by atoms with van der Waals surface area (Å²) in [5.74, 6) is -0.222. The van der Waals surface area contributed by atoms with E-state index in [1.165, 1.54) is 6.07 Å². The van der Waals surface area contributed by atoms with E-state index in [1.807, 2.05) is 19.9 Å². The van der Waals surface area contributed by atoms with Gasteiger partial charge in [-0.15, -0.1) is 0 Å². The number of hydrogen-bond donors (Lipinski definition) is 2. The van der Waals surface area contributed by atoms with E-state index in [0.717, 1.165) is 5.56 Å². The molecule has 1 aromatic carbocycles. The lowest BCUT2D eigenvalue weighted by Gasteiger charge is -2.16. The number of nitrogens with two attached hydrogens (primary N) is 2. The highest BCUT2D eigenvalue weighted by molar-refractivity contribution is 5.42. The highest BCUT2D eigenvalue weighted by Crippen LogP contribution is 2.21. The molecule has 0 fully saturated rings. The quantitative estimate of drug-likeness (QED) is 0.686. The zero-order valence-electron chi connectivity index (χ0n) is 7.92. The van der Waals surface area contributed by atoms with Crippen LogP contribution in [0.1, 0.15) is 25.3 Å². The summed E-state index contributed by atoms with van der Waals surface area (Å²) < 4.78 is 13.0. The summed E-state index contributed by atoms with van der Waals surface area (Å²) >= 11 is 0. The molecule has 0 saturated heterocycles. The van der Waals surface area contributed by atoms with Gasteiger partial charge in [0, 0.05) is 6.04 Å². The molecule has 4 N–H and O–H groups in total. The zero-order valence-corrected chi connectivity index (χ0v) is 7.92. The summed E-state index contributed by atoms with van der Waals surface area (Å²) in [5, 5.41) is 0. The van der Waals surface area contributed by atoms with Gasteiger partial charge in [0.2, 0.25) is 0 Å². The van der Waals surface area contributed by atoms with Crippen LogP contribution in [0.15, 0.2) is 18.2 Å². The summed E-state index contributed by atoms with van der Waals surface area (Å²) in [6, 6.07) is 4.85. The van der Waals surface area contributed by atoms with Crippen LogP contribution in [0.4, 0.5) is 10.1 Å². The molecule has 2 unspecified atom stereocenters. The molecule has 0 bridgehead atoms. The standard InChI is InChI=1S/C10H15FN2/c1-6(7(2)12)8-3-4-10(13)9(11)5-8/h3-7H,12-13H2,1-2H3. The van der Waals surface area contributed by atoms with Crippen molar-refractivity contribution in [3.63, 3.8) is 0 Å². The molecule has 13 heavy (non-hydrogen) atoms. The topological polar surface area (TPSA) is 52.0 Å². The van der Waals surface area contributed by atoms with Gasteiger partial charge < -0.3 is 11.5 Å². The number of nitrogen functional groups attached to an aromatic ring is 1. The Kier molecular flexibility index (Phi) is 2.88. The van der Waals surface area contributed by atoms with Crippen LogP contribution in [0.2, 0.25) is 0 Å². The third kappa shape index (κ3) is 2.18. The van der Waals surface area contributed by atoms with Crippen LogP contribution in [-0.2, 0) is 0 Å². The molecule has 72 valence electrons. The molecule has 2 atom stereocenters. The molecule has 1 aromatic rings. The second-order valence-electron chi connectivity index (χ2n) is 3.43. The van der Waals surface area contributed by atoms with Gasteiger partial charge in [-0.05, 0) is 30.5 Å². The molecule has 3 heteroatoms. The molecule has 0 aliphatic rings. The molecule has 0 amide bonds. The Morgan fingerprint density at radius 3 is 2.38 bits per heavy atom. The highest BCUT2D eigenvalue weighted by Gasteiger charge is 2.11. The Hall–Kier alpha value is -1.09. The van der Waals surface area contributed by atoms with E-state index in [-0.39, 0.29) is 23.5 Å². The SMILES string of the molecule is CC(N)C(C)c1ccc(N)c(F)c1. The van der Waals surface area contributed by atoms with Crippen LogP contribution < -0.4 is 11.5 Å². The van der Waals surface area contributed by atoms with Crippen molar-refractivity contribution in [1.29, 1.82) is 0 Å². The number of anilines is 1. The van der Waals surface area contributed by atoms with Crippen molar-refractivity contribution >= 4 is 5.69 Å². The maximum absolute atomic E-state index is 13.0. The van der Waals surface area contributed by atoms with Crippen molar-refractivity contribution < 1.29 is 4.39 Å². The van der Waals surface area contributed by atoms with Gasteiger partial charge in [-0.1, -0.05) is 13.0 Å². The lowest BCUT2D eigenvalue weighted by atomic mass is 9.95. The van der Waals surface area contributed by atoms with Gasteiger partial charge in [-0.2, -0.15) is 0 Å². The Morgan fingerprint density at radius 2 is 1.92 bits per heavy atom. The summed E-state index contributed by atoms with van der Waals surface area (Å²) in [7, 11) is 0. The average molecular weight is 182 g/mol. The van der Waals surface area contributed by atoms with Crippen LogP contribution in [0.3, 0.4) is 0 Å². The molecule has 0 aliphatic heterocycles. The molecular formula is C10H15FN2. The van der Waals surface area contributed by atoms with Crippen LogP contribution in [0, 0.1) is 5.82 Å². The third-order valence-electron chi connectivity index (χ3n) is 2.34. The van der Waals surface area contributed by atoms with Gasteiger partial charge >= 0.3 is 0 Å². The average Bonchev–Trinajstić information content (AvgIpc) is 2.08. The monoisotopic (exact) mass is 182 g/mol. The lowest BCUT2D eigenvalue weighted by Crippen LogP contribution is -2.22. The maximum Gasteiger partial charge on any atom is 0.146 e. The van der Waals surface area contributed by atoms with E-state index < -0.39 is 0 Å². The molecule has 1 rings (SSSR count). The van der Waals surface area contributed by atoms with E-state index >= 15 is 0 Å². The Balaban J connectivity index is 2.97. The van der Waals surface area contributed by atoms with E-state index in [9.17, 15) is 4.39 Å². The van der Waals surface area contributed by atoms with Gasteiger partial charge in [-0.3, -0.25) is 0 Å². The fourth-order valence-electron chi connectivity index (χ4n) is 1.13. The predicted molar refractivity (Wildman–Crippen MR) is 52.9 cm³/mol. The van der Waals surface area contributed by atoms with E-state index in [1.54, 1.807) is 6.07 Å². The van der Waals surface area contributed by atoms with Crippen molar-refractivity contribution in [2.45, 2.75) is 25.8 Å². The van der Waals surface area contributed by atoms with Crippen LogP contribution in [0.25, 0.3) is 0 Å². The third-order valence-corrected chi connectivity index (χ3v) is 2.34. The minimum Gasteiger partial charge on any atom is -0.396 e. The largest absolute Gasteiger partial charge is 0.396 e. The molecule has 0 aliphatic carbocycles. The van der Waals surface area contributed by atoms with Gasteiger partial charge in [0.1, 0.15) is 5.82 Å². The zero-order chi connectivity index (χ0) is 10.0. The minimum absolute atomic E-state index is 0.0167. The smallest absolute Gasteiger partial charge is 0.146 e. The molecule has 0 saturated carbocycles. The first-order chi connectivity index (χ1) is 6.02. The fraction of sp³-hybridized carbons (Fsp3) is 0.400. The molecule has 0 spiro atoms. The first-order valence-electron chi connectivity index (χ1n) is 4.33. The normalized spacial score (nSPS) is 15.4. The molecule has 0 aromatic heterocycles. The molecule has 2 nitrogen and oxygen atoms in total. The van der Waals surface area contributed by atoms with E-state index in [0.29, 0.717) is 0 Å². The Labute approximate surface area is 77.7 Å². The summed E-state index contributed by atoms with van der Waals surface area (Å²) in [4.78, 5) is 0. The summed E-state index contributed by atoms with van der Waals surface area (Å²) in [6.45, 7) is 3.87. The van der Waals surface area contributed by atoms with Crippen molar-refractivity contribution in [3.05, 3.63) is 29.6 Å². The van der Waals surface area contributed by atoms with Gasteiger partial charge in [-0.25, -0.2) is 4.39 Å². The Bertz CT molecular complexity index is 297. The van der Waals surface area contributed by atoms with Crippen molar-refractivity contribution in [2.75, 3.05) is 5.73 Å². The lowest BCUT2D eigenvalue weighted by molar-refractivity contribution is 0.596. The van der Waals surface area contributed by atoms with Crippen LogP contribution >= 0.6 is 0 Å². The molecular weight excluding hydrogens is 167 g/mol. The number of benzene rings is 1. The summed E-state index contributed by atoms with van der Waals surface area (Å²) in [6.07, 6.45) is 0.